The normalized spacial score (nSPS) is 11.5. The molecular formula is C34H30FN9O. The summed E-state index contributed by atoms with van der Waals surface area (Å²) in [5.41, 5.74) is 7.28. The van der Waals surface area contributed by atoms with Gasteiger partial charge in [-0.3, -0.25) is 15.1 Å². The van der Waals surface area contributed by atoms with Crippen LogP contribution in [0.25, 0.3) is 56.0 Å². The van der Waals surface area contributed by atoms with E-state index in [1.807, 2.05) is 68.7 Å². The van der Waals surface area contributed by atoms with Crippen molar-refractivity contribution in [2.45, 2.75) is 6.61 Å². The first-order chi connectivity index (χ1) is 22.0. The molecular weight excluding hydrogens is 569 g/mol. The fourth-order valence-electron chi connectivity index (χ4n) is 5.15. The monoisotopic (exact) mass is 599 g/mol. The molecule has 7 aromatic rings. The van der Waals surface area contributed by atoms with Gasteiger partial charge in [-0.25, -0.2) is 14.4 Å². The summed E-state index contributed by atoms with van der Waals surface area (Å²) in [6, 6.07) is 20.6. The van der Waals surface area contributed by atoms with Crippen molar-refractivity contribution in [1.82, 2.24) is 40.0 Å². The second-order valence-electron chi connectivity index (χ2n) is 11.0. The number of anilines is 1. The Labute approximate surface area is 258 Å². The summed E-state index contributed by atoms with van der Waals surface area (Å²) in [5.74, 6) is 0.855. The summed E-state index contributed by atoms with van der Waals surface area (Å²) in [6.45, 7) is 1.95. The van der Waals surface area contributed by atoms with E-state index in [1.165, 1.54) is 12.1 Å². The lowest BCUT2D eigenvalue weighted by Crippen LogP contribution is -2.20. The zero-order chi connectivity index (χ0) is 30.8. The number of likely N-dealkylation sites (N-methyl/N-ethyl adjacent to an activating group) is 1. The summed E-state index contributed by atoms with van der Waals surface area (Å²) in [6.07, 6.45) is 6.94. The predicted octanol–water partition coefficient (Wildman–Crippen LogP) is 6.32. The molecule has 7 rings (SSSR count). The van der Waals surface area contributed by atoms with Crippen LogP contribution in [0.3, 0.4) is 0 Å². The minimum Gasteiger partial charge on any atom is -0.487 e. The number of nitrogens with zero attached hydrogens (tertiary/aromatic N) is 6. The van der Waals surface area contributed by atoms with E-state index in [-0.39, 0.29) is 5.82 Å². The SMILES string of the molecule is CN(C)CCNc1cc(F)cc(-c2nccc3[nH]c(-c4n[nH]c5ncc(-c6cncc(OCc7ccccc7)c6)cc45)nc23)c1. The molecule has 0 saturated carbocycles. The van der Waals surface area contributed by atoms with Gasteiger partial charge >= 0.3 is 0 Å². The molecule has 0 radical (unpaired) electrons. The summed E-state index contributed by atoms with van der Waals surface area (Å²) in [7, 11) is 3.99. The van der Waals surface area contributed by atoms with Crippen LogP contribution in [-0.4, -0.2) is 67.2 Å². The first kappa shape index (κ1) is 28.1. The summed E-state index contributed by atoms with van der Waals surface area (Å²) >= 11 is 0. The van der Waals surface area contributed by atoms with Gasteiger partial charge < -0.3 is 19.9 Å². The minimum atomic E-state index is -0.352. The number of fused-ring (bicyclic) bond motifs is 2. The van der Waals surface area contributed by atoms with Crippen LogP contribution in [0.15, 0.2) is 91.5 Å². The highest BCUT2D eigenvalue weighted by molar-refractivity contribution is 5.96. The van der Waals surface area contributed by atoms with Crippen LogP contribution in [-0.2, 0) is 6.61 Å². The van der Waals surface area contributed by atoms with Crippen LogP contribution < -0.4 is 10.1 Å². The van der Waals surface area contributed by atoms with E-state index in [0.29, 0.717) is 58.5 Å². The van der Waals surface area contributed by atoms with Gasteiger partial charge in [0.2, 0.25) is 0 Å². The molecule has 0 fully saturated rings. The van der Waals surface area contributed by atoms with Crippen molar-refractivity contribution >= 4 is 27.8 Å². The van der Waals surface area contributed by atoms with E-state index in [0.717, 1.165) is 34.1 Å². The molecule has 2 aromatic carbocycles. The molecule has 0 atom stereocenters. The second kappa shape index (κ2) is 12.1. The summed E-state index contributed by atoms with van der Waals surface area (Å²) < 4.78 is 20.7. The van der Waals surface area contributed by atoms with Gasteiger partial charge in [-0.2, -0.15) is 5.10 Å². The number of nitrogens with one attached hydrogen (secondary N) is 3. The van der Waals surface area contributed by atoms with E-state index in [9.17, 15) is 4.39 Å². The van der Waals surface area contributed by atoms with E-state index in [1.54, 1.807) is 24.8 Å². The van der Waals surface area contributed by atoms with Crippen molar-refractivity contribution in [2.24, 2.45) is 0 Å². The first-order valence-electron chi connectivity index (χ1n) is 14.5. The van der Waals surface area contributed by atoms with E-state index >= 15 is 0 Å². The number of aromatic nitrogens is 7. The number of imidazole rings is 1. The Kier molecular flexibility index (Phi) is 7.58. The number of hydrogen-bond acceptors (Lipinski definition) is 8. The number of hydrogen-bond donors (Lipinski definition) is 3. The smallest absolute Gasteiger partial charge is 0.159 e. The zero-order valence-electron chi connectivity index (χ0n) is 24.8. The predicted molar refractivity (Wildman–Crippen MR) is 173 cm³/mol. The summed E-state index contributed by atoms with van der Waals surface area (Å²) in [5, 5.41) is 11.6. The van der Waals surface area contributed by atoms with E-state index in [2.05, 4.69) is 40.3 Å². The Hall–Kier alpha value is -5.68. The van der Waals surface area contributed by atoms with Crippen molar-refractivity contribution in [3.8, 4) is 39.7 Å². The topological polar surface area (TPSA) is 121 Å². The molecule has 0 unspecified atom stereocenters. The first-order valence-corrected chi connectivity index (χ1v) is 14.5. The quantitative estimate of drug-likeness (QED) is 0.167. The minimum absolute atomic E-state index is 0.352. The molecule has 0 spiro atoms. The van der Waals surface area contributed by atoms with Crippen LogP contribution in [0.5, 0.6) is 5.75 Å². The number of halogens is 1. The third-order valence-electron chi connectivity index (χ3n) is 7.40. The third kappa shape index (κ3) is 6.06. The van der Waals surface area contributed by atoms with Crippen LogP contribution >= 0.6 is 0 Å². The Morgan fingerprint density at radius 2 is 1.76 bits per heavy atom. The van der Waals surface area contributed by atoms with E-state index < -0.39 is 0 Å². The lowest BCUT2D eigenvalue weighted by Gasteiger charge is -2.12. The molecule has 0 amide bonds. The van der Waals surface area contributed by atoms with Gasteiger partial charge in [0.1, 0.15) is 29.4 Å². The fraction of sp³-hybridized carbons (Fsp3) is 0.147. The van der Waals surface area contributed by atoms with Crippen molar-refractivity contribution in [3.63, 3.8) is 0 Å². The average molecular weight is 600 g/mol. The van der Waals surface area contributed by atoms with Gasteiger partial charge in [-0.05, 0) is 56.1 Å². The molecule has 0 aliphatic carbocycles. The van der Waals surface area contributed by atoms with Gasteiger partial charge in [0.25, 0.3) is 0 Å². The van der Waals surface area contributed by atoms with Gasteiger partial charge in [0.05, 0.1) is 22.8 Å². The molecule has 11 heteroatoms. The van der Waals surface area contributed by atoms with Gasteiger partial charge in [0.15, 0.2) is 11.5 Å². The maximum absolute atomic E-state index is 14.7. The van der Waals surface area contributed by atoms with Crippen LogP contribution in [0.4, 0.5) is 10.1 Å². The van der Waals surface area contributed by atoms with Crippen molar-refractivity contribution in [1.29, 1.82) is 0 Å². The molecule has 10 nitrogen and oxygen atoms in total. The number of H-pyrrole nitrogens is 2. The Morgan fingerprint density at radius 3 is 2.62 bits per heavy atom. The number of ether oxygens (including phenoxy) is 1. The maximum atomic E-state index is 14.7. The van der Waals surface area contributed by atoms with Crippen molar-refractivity contribution in [3.05, 3.63) is 103 Å². The summed E-state index contributed by atoms with van der Waals surface area (Å²) in [4.78, 5) is 23.9. The molecule has 5 aromatic heterocycles. The highest BCUT2D eigenvalue weighted by Gasteiger charge is 2.18. The third-order valence-corrected chi connectivity index (χ3v) is 7.40. The van der Waals surface area contributed by atoms with Crippen LogP contribution in [0.1, 0.15) is 5.56 Å². The van der Waals surface area contributed by atoms with Gasteiger partial charge in [-0.15, -0.1) is 0 Å². The number of pyridine rings is 3. The molecule has 0 aliphatic heterocycles. The molecule has 45 heavy (non-hydrogen) atoms. The standard InChI is InChI=1S/C34H30FN9O/c1-44(2)11-10-37-26-13-22(12-25(35)16-26)30-32-29(8-9-38-30)40-34(41-32)31-28-15-24(18-39-33(28)43-42-31)23-14-27(19-36-17-23)45-20-21-6-4-3-5-7-21/h3-9,12-19,37H,10-11,20H2,1-2H3,(H,40,41)(H,39,42,43). The Balaban J connectivity index is 1.20. The fourth-order valence-corrected chi connectivity index (χ4v) is 5.15. The zero-order valence-corrected chi connectivity index (χ0v) is 24.8. The molecule has 0 saturated heterocycles. The second-order valence-corrected chi connectivity index (χ2v) is 11.0. The molecule has 0 bridgehead atoms. The molecule has 224 valence electrons. The van der Waals surface area contributed by atoms with Crippen LogP contribution in [0, 0.1) is 5.82 Å². The lowest BCUT2D eigenvalue weighted by atomic mass is 10.1. The Bertz CT molecular complexity index is 2110. The highest BCUT2D eigenvalue weighted by Crippen LogP contribution is 2.33. The van der Waals surface area contributed by atoms with Gasteiger partial charge in [0, 0.05) is 54.1 Å². The number of benzene rings is 2. The Morgan fingerprint density at radius 1 is 0.889 bits per heavy atom. The van der Waals surface area contributed by atoms with E-state index in [4.69, 9.17) is 9.72 Å². The number of rotatable bonds is 10. The maximum Gasteiger partial charge on any atom is 0.159 e. The molecule has 0 aliphatic rings. The molecule has 3 N–H and O–H groups in total. The van der Waals surface area contributed by atoms with Crippen molar-refractivity contribution in [2.75, 3.05) is 32.5 Å². The lowest BCUT2D eigenvalue weighted by molar-refractivity contribution is 0.305. The van der Waals surface area contributed by atoms with Gasteiger partial charge in [-0.1, -0.05) is 30.3 Å². The van der Waals surface area contributed by atoms with Crippen LogP contribution in [0.2, 0.25) is 0 Å². The van der Waals surface area contributed by atoms with Crippen molar-refractivity contribution < 1.29 is 9.13 Å². The molecule has 5 heterocycles. The average Bonchev–Trinajstić information content (AvgIpc) is 3.68. The largest absolute Gasteiger partial charge is 0.487 e. The number of aromatic amines is 2. The highest BCUT2D eigenvalue weighted by atomic mass is 19.1.